The fourth-order valence-corrected chi connectivity index (χ4v) is 3.07. The molecule has 3 rings (SSSR count). The van der Waals surface area contributed by atoms with Crippen LogP contribution in [0.25, 0.3) is 0 Å². The number of anilines is 1. The topological polar surface area (TPSA) is 70.7 Å². The predicted octanol–water partition coefficient (Wildman–Crippen LogP) is 2.59. The molecule has 1 saturated heterocycles. The zero-order valence-electron chi connectivity index (χ0n) is 15.0. The van der Waals surface area contributed by atoms with Crippen LogP contribution in [-0.2, 0) is 4.74 Å². The summed E-state index contributed by atoms with van der Waals surface area (Å²) in [7, 11) is 0. The highest BCUT2D eigenvalue weighted by molar-refractivity contribution is 7.80. The number of aryl methyl sites for hydroxylation is 1. The van der Waals surface area contributed by atoms with E-state index in [1.807, 2.05) is 25.1 Å². The van der Waals surface area contributed by atoms with E-state index in [0.29, 0.717) is 43.1 Å². The Kier molecular flexibility index (Phi) is 6.16. The minimum absolute atomic E-state index is 0.0885. The van der Waals surface area contributed by atoms with Crippen LogP contribution >= 0.6 is 12.2 Å². The minimum Gasteiger partial charge on any atom is -0.378 e. The Morgan fingerprint density at radius 1 is 1.00 bits per heavy atom. The number of benzene rings is 2. The average Bonchev–Trinajstić information content (AvgIpc) is 2.68. The van der Waals surface area contributed by atoms with Crippen molar-refractivity contribution in [3.63, 3.8) is 0 Å². The Balaban J connectivity index is 1.70. The normalized spacial score (nSPS) is 13.7. The third-order valence-electron chi connectivity index (χ3n) is 4.32. The predicted molar refractivity (Wildman–Crippen MR) is 108 cm³/mol. The second kappa shape index (κ2) is 8.75. The Hall–Kier alpha value is -2.77. The molecule has 0 bridgehead atoms. The summed E-state index contributed by atoms with van der Waals surface area (Å²) in [5.41, 5.74) is 2.48. The SMILES string of the molecule is Cc1ccccc1C(=O)NC(=S)Nc1ccccc1C(=O)N1CCOCC1. The molecule has 0 spiro atoms. The summed E-state index contributed by atoms with van der Waals surface area (Å²) < 4.78 is 5.30. The number of rotatable bonds is 3. The molecule has 0 aromatic heterocycles. The van der Waals surface area contributed by atoms with Crippen LogP contribution in [0.1, 0.15) is 26.3 Å². The van der Waals surface area contributed by atoms with E-state index in [1.54, 1.807) is 35.2 Å². The highest BCUT2D eigenvalue weighted by Crippen LogP contribution is 2.18. The molecule has 27 heavy (non-hydrogen) atoms. The Morgan fingerprint density at radius 3 is 2.33 bits per heavy atom. The average molecular weight is 383 g/mol. The van der Waals surface area contributed by atoms with E-state index in [9.17, 15) is 9.59 Å². The van der Waals surface area contributed by atoms with Crippen LogP contribution in [0.2, 0.25) is 0 Å². The van der Waals surface area contributed by atoms with Gasteiger partial charge >= 0.3 is 0 Å². The first kappa shape index (κ1) is 19.0. The number of amides is 2. The second-order valence-electron chi connectivity index (χ2n) is 6.17. The number of thiocarbonyl (C=S) groups is 1. The monoisotopic (exact) mass is 383 g/mol. The number of hydrogen-bond donors (Lipinski definition) is 2. The summed E-state index contributed by atoms with van der Waals surface area (Å²) in [6.07, 6.45) is 0. The van der Waals surface area contributed by atoms with Gasteiger partial charge in [-0.3, -0.25) is 14.9 Å². The van der Waals surface area contributed by atoms with Gasteiger partial charge in [0.2, 0.25) is 0 Å². The summed E-state index contributed by atoms with van der Waals surface area (Å²) in [4.78, 5) is 26.9. The quantitative estimate of drug-likeness (QED) is 0.798. The van der Waals surface area contributed by atoms with E-state index < -0.39 is 0 Å². The van der Waals surface area contributed by atoms with Crippen LogP contribution in [0.5, 0.6) is 0 Å². The van der Waals surface area contributed by atoms with E-state index in [2.05, 4.69) is 10.6 Å². The van der Waals surface area contributed by atoms with E-state index >= 15 is 0 Å². The molecule has 140 valence electrons. The van der Waals surface area contributed by atoms with Crippen molar-refractivity contribution in [3.8, 4) is 0 Å². The number of nitrogens with one attached hydrogen (secondary N) is 2. The molecule has 6 nitrogen and oxygen atoms in total. The van der Waals surface area contributed by atoms with E-state index in [-0.39, 0.29) is 16.9 Å². The van der Waals surface area contributed by atoms with Crippen LogP contribution < -0.4 is 10.6 Å². The van der Waals surface area contributed by atoms with Crippen LogP contribution in [0.4, 0.5) is 5.69 Å². The van der Waals surface area contributed by atoms with Gasteiger partial charge < -0.3 is 15.0 Å². The molecule has 0 aliphatic carbocycles. The number of ether oxygens (including phenoxy) is 1. The third kappa shape index (κ3) is 4.69. The van der Waals surface area contributed by atoms with Gasteiger partial charge in [0.15, 0.2) is 5.11 Å². The first-order valence-electron chi connectivity index (χ1n) is 8.70. The highest BCUT2D eigenvalue weighted by Gasteiger charge is 2.21. The maximum atomic E-state index is 12.8. The van der Waals surface area contributed by atoms with Crippen molar-refractivity contribution >= 4 is 34.8 Å². The lowest BCUT2D eigenvalue weighted by Gasteiger charge is -2.27. The summed E-state index contributed by atoms with van der Waals surface area (Å²) >= 11 is 5.27. The van der Waals surface area contributed by atoms with Crippen LogP contribution in [0, 0.1) is 6.92 Å². The van der Waals surface area contributed by atoms with Gasteiger partial charge in [0.05, 0.1) is 24.5 Å². The first-order chi connectivity index (χ1) is 13.1. The van der Waals surface area contributed by atoms with Crippen LogP contribution in [0.3, 0.4) is 0 Å². The van der Waals surface area contributed by atoms with Crippen LogP contribution in [0.15, 0.2) is 48.5 Å². The largest absolute Gasteiger partial charge is 0.378 e. The van der Waals surface area contributed by atoms with E-state index in [1.165, 1.54) is 0 Å². The number of carbonyl (C=O) groups is 2. The molecule has 7 heteroatoms. The molecule has 2 aromatic rings. The smallest absolute Gasteiger partial charge is 0.257 e. The molecule has 0 unspecified atom stereocenters. The lowest BCUT2D eigenvalue weighted by Crippen LogP contribution is -2.41. The Morgan fingerprint density at radius 2 is 1.63 bits per heavy atom. The molecule has 0 atom stereocenters. The van der Waals surface area contributed by atoms with Gasteiger partial charge in [-0.15, -0.1) is 0 Å². The van der Waals surface area contributed by atoms with Crippen LogP contribution in [-0.4, -0.2) is 48.1 Å². The van der Waals surface area contributed by atoms with Gasteiger partial charge in [-0.1, -0.05) is 30.3 Å². The van der Waals surface area contributed by atoms with Crippen molar-refractivity contribution in [2.45, 2.75) is 6.92 Å². The standard InChI is InChI=1S/C20H21N3O3S/c1-14-6-2-3-7-15(14)18(24)22-20(27)21-17-9-5-4-8-16(17)19(25)23-10-12-26-13-11-23/h2-9H,10-13H2,1H3,(H2,21,22,24,27). The van der Waals surface area contributed by atoms with E-state index in [4.69, 9.17) is 17.0 Å². The van der Waals surface area contributed by atoms with Gasteiger partial charge in [0, 0.05) is 18.7 Å². The lowest BCUT2D eigenvalue weighted by molar-refractivity contribution is 0.0303. The summed E-state index contributed by atoms with van der Waals surface area (Å²) in [6.45, 7) is 4.05. The maximum Gasteiger partial charge on any atom is 0.257 e. The number of nitrogens with zero attached hydrogens (tertiary/aromatic N) is 1. The molecule has 2 N–H and O–H groups in total. The van der Waals surface area contributed by atoms with Crippen molar-refractivity contribution in [1.29, 1.82) is 0 Å². The first-order valence-corrected chi connectivity index (χ1v) is 9.11. The molecular weight excluding hydrogens is 362 g/mol. The van der Waals surface area contributed by atoms with Gasteiger partial charge in [0.25, 0.3) is 11.8 Å². The van der Waals surface area contributed by atoms with Gasteiger partial charge in [-0.25, -0.2) is 0 Å². The fraction of sp³-hybridized carbons (Fsp3) is 0.250. The van der Waals surface area contributed by atoms with Crippen molar-refractivity contribution < 1.29 is 14.3 Å². The number of hydrogen-bond acceptors (Lipinski definition) is 4. The minimum atomic E-state index is -0.289. The molecule has 1 heterocycles. The molecule has 2 amide bonds. The fourth-order valence-electron chi connectivity index (χ4n) is 2.87. The number of morpholine rings is 1. The summed E-state index contributed by atoms with van der Waals surface area (Å²) in [5, 5.41) is 5.78. The number of para-hydroxylation sites is 1. The van der Waals surface area contributed by atoms with Gasteiger partial charge in [0.1, 0.15) is 0 Å². The molecule has 0 saturated carbocycles. The van der Waals surface area contributed by atoms with Gasteiger partial charge in [-0.2, -0.15) is 0 Å². The highest BCUT2D eigenvalue weighted by atomic mass is 32.1. The molecular formula is C20H21N3O3S. The van der Waals surface area contributed by atoms with Crippen molar-refractivity contribution in [2.24, 2.45) is 0 Å². The zero-order valence-corrected chi connectivity index (χ0v) is 15.8. The molecule has 1 fully saturated rings. The molecule has 1 aliphatic rings. The van der Waals surface area contributed by atoms with Crippen molar-refractivity contribution in [1.82, 2.24) is 10.2 Å². The Bertz CT molecular complexity index is 863. The van der Waals surface area contributed by atoms with Gasteiger partial charge in [-0.05, 0) is 42.9 Å². The lowest BCUT2D eigenvalue weighted by atomic mass is 10.1. The third-order valence-corrected chi connectivity index (χ3v) is 4.52. The molecule has 2 aromatic carbocycles. The Labute approximate surface area is 163 Å². The zero-order chi connectivity index (χ0) is 19.2. The number of carbonyl (C=O) groups excluding carboxylic acids is 2. The molecule has 1 aliphatic heterocycles. The van der Waals surface area contributed by atoms with Crippen molar-refractivity contribution in [3.05, 3.63) is 65.2 Å². The molecule has 0 radical (unpaired) electrons. The van der Waals surface area contributed by atoms with E-state index in [0.717, 1.165) is 5.56 Å². The summed E-state index contributed by atoms with van der Waals surface area (Å²) in [5.74, 6) is -0.378. The second-order valence-corrected chi connectivity index (χ2v) is 6.58. The maximum absolute atomic E-state index is 12.8. The van der Waals surface area contributed by atoms with Crippen molar-refractivity contribution in [2.75, 3.05) is 31.6 Å². The summed E-state index contributed by atoms with van der Waals surface area (Å²) in [6, 6.07) is 14.4.